The lowest BCUT2D eigenvalue weighted by molar-refractivity contribution is 0.0682. The second-order valence-electron chi connectivity index (χ2n) is 6.38. The number of nitrogens with one attached hydrogen (secondary N) is 2. The average Bonchev–Trinajstić information content (AvgIpc) is 2.63. The van der Waals surface area contributed by atoms with Gasteiger partial charge in [-0.15, -0.1) is 0 Å². The number of anilines is 1. The highest BCUT2D eigenvalue weighted by Crippen LogP contribution is 2.34. The van der Waals surface area contributed by atoms with E-state index in [2.05, 4.69) is 10.3 Å². The van der Waals surface area contributed by atoms with Crippen molar-refractivity contribution in [3.63, 3.8) is 0 Å². The Morgan fingerprint density at radius 3 is 2.73 bits per heavy atom. The molecule has 0 bridgehead atoms. The van der Waals surface area contributed by atoms with Gasteiger partial charge in [0, 0.05) is 17.1 Å². The summed E-state index contributed by atoms with van der Waals surface area (Å²) in [6.45, 7) is 2.55. The highest BCUT2D eigenvalue weighted by atomic mass is 35.5. The van der Waals surface area contributed by atoms with Crippen molar-refractivity contribution in [1.82, 2.24) is 9.88 Å². The number of nitrogens with zero attached hydrogens (tertiary/aromatic N) is 1. The van der Waals surface area contributed by atoms with Gasteiger partial charge >= 0.3 is 0 Å². The van der Waals surface area contributed by atoms with Gasteiger partial charge in [-0.3, -0.25) is 9.59 Å². The molecule has 1 atom stereocenters. The lowest BCUT2D eigenvalue weighted by Crippen LogP contribution is -2.45. The van der Waals surface area contributed by atoms with Crippen LogP contribution in [0.1, 0.15) is 35.4 Å². The van der Waals surface area contributed by atoms with Crippen LogP contribution in [0.25, 0.3) is 10.9 Å². The number of hydrogen-bond acceptors (Lipinski definition) is 3. The number of aromatic amines is 1. The summed E-state index contributed by atoms with van der Waals surface area (Å²) < 4.78 is 0. The van der Waals surface area contributed by atoms with Gasteiger partial charge in [0.25, 0.3) is 11.5 Å². The molecule has 0 saturated heterocycles. The van der Waals surface area contributed by atoms with E-state index in [0.717, 1.165) is 17.3 Å². The Hall–Kier alpha value is -2.79. The third kappa shape index (κ3) is 2.74. The number of fused-ring (bicyclic) bond motifs is 2. The van der Waals surface area contributed by atoms with Crippen molar-refractivity contribution in [1.29, 1.82) is 0 Å². The van der Waals surface area contributed by atoms with E-state index in [4.69, 9.17) is 11.6 Å². The number of amides is 1. The van der Waals surface area contributed by atoms with Crippen LogP contribution in [0.4, 0.5) is 5.69 Å². The number of H-pyrrole nitrogens is 1. The second-order valence-corrected chi connectivity index (χ2v) is 6.81. The largest absolute Gasteiger partial charge is 0.361 e. The monoisotopic (exact) mass is 367 g/mol. The molecule has 132 valence electrons. The van der Waals surface area contributed by atoms with E-state index in [9.17, 15) is 9.59 Å². The fraction of sp³-hybridized carbons (Fsp3) is 0.200. The molecular weight excluding hydrogens is 350 g/mol. The maximum Gasteiger partial charge on any atom is 0.257 e. The maximum atomic E-state index is 13.0. The first-order valence-electron chi connectivity index (χ1n) is 8.57. The first-order chi connectivity index (χ1) is 12.6. The number of aromatic nitrogens is 1. The second kappa shape index (κ2) is 6.50. The fourth-order valence-electron chi connectivity index (χ4n) is 3.40. The first-order valence-corrected chi connectivity index (χ1v) is 8.95. The molecule has 2 aromatic carbocycles. The molecule has 6 heteroatoms. The molecule has 0 fully saturated rings. The van der Waals surface area contributed by atoms with Crippen molar-refractivity contribution in [2.45, 2.75) is 19.5 Å². The normalized spacial score (nSPS) is 16.5. The zero-order chi connectivity index (χ0) is 18.3. The minimum absolute atomic E-state index is 0.102. The average molecular weight is 368 g/mol. The molecule has 0 radical (unpaired) electrons. The number of pyridine rings is 1. The van der Waals surface area contributed by atoms with E-state index in [0.29, 0.717) is 28.4 Å². The molecule has 0 spiro atoms. The Morgan fingerprint density at radius 1 is 1.12 bits per heavy atom. The van der Waals surface area contributed by atoms with Gasteiger partial charge in [-0.1, -0.05) is 36.7 Å². The van der Waals surface area contributed by atoms with Crippen LogP contribution in [0.2, 0.25) is 5.02 Å². The molecule has 0 saturated carbocycles. The minimum atomic E-state index is -0.540. The van der Waals surface area contributed by atoms with Crippen LogP contribution in [0.3, 0.4) is 0 Å². The van der Waals surface area contributed by atoms with Crippen molar-refractivity contribution in [2.75, 3.05) is 11.9 Å². The van der Waals surface area contributed by atoms with Crippen molar-refractivity contribution in [3.8, 4) is 0 Å². The Kier molecular flexibility index (Phi) is 4.17. The van der Waals surface area contributed by atoms with E-state index in [1.807, 2.05) is 37.3 Å². The van der Waals surface area contributed by atoms with Crippen LogP contribution >= 0.6 is 11.6 Å². The molecular formula is C20H18ClN3O2. The third-order valence-electron chi connectivity index (χ3n) is 4.62. The highest BCUT2D eigenvalue weighted by molar-refractivity contribution is 6.31. The van der Waals surface area contributed by atoms with Crippen LogP contribution in [0.15, 0.2) is 53.3 Å². The lowest BCUT2D eigenvalue weighted by atomic mass is 10.0. The van der Waals surface area contributed by atoms with Gasteiger partial charge in [-0.25, -0.2) is 0 Å². The van der Waals surface area contributed by atoms with Gasteiger partial charge in [0.05, 0.1) is 16.8 Å². The summed E-state index contributed by atoms with van der Waals surface area (Å²) in [4.78, 5) is 30.3. The van der Waals surface area contributed by atoms with Gasteiger partial charge in [0.15, 0.2) is 0 Å². The fourth-order valence-corrected chi connectivity index (χ4v) is 3.58. The molecule has 3 aromatic rings. The van der Waals surface area contributed by atoms with E-state index in [1.165, 1.54) is 0 Å². The molecule has 1 amide bonds. The molecule has 1 aliphatic rings. The number of benzene rings is 2. The summed E-state index contributed by atoms with van der Waals surface area (Å²) in [7, 11) is 0. The minimum Gasteiger partial charge on any atom is -0.361 e. The number of hydrogen-bond donors (Lipinski definition) is 2. The lowest BCUT2D eigenvalue weighted by Gasteiger charge is -2.37. The molecule has 2 heterocycles. The molecule has 5 nitrogen and oxygen atoms in total. The third-order valence-corrected chi connectivity index (χ3v) is 4.85. The summed E-state index contributed by atoms with van der Waals surface area (Å²) in [6.07, 6.45) is 0.250. The van der Waals surface area contributed by atoms with Gasteiger partial charge < -0.3 is 15.2 Å². The highest BCUT2D eigenvalue weighted by Gasteiger charge is 2.34. The van der Waals surface area contributed by atoms with Gasteiger partial charge in [0.2, 0.25) is 0 Å². The number of rotatable bonds is 3. The molecule has 26 heavy (non-hydrogen) atoms. The van der Waals surface area contributed by atoms with E-state index in [-0.39, 0.29) is 11.5 Å². The summed E-state index contributed by atoms with van der Waals surface area (Å²) >= 11 is 6.09. The summed E-state index contributed by atoms with van der Waals surface area (Å²) in [5.74, 6) is -0.102. The molecule has 0 aliphatic carbocycles. The molecule has 1 aromatic heterocycles. The van der Waals surface area contributed by atoms with Gasteiger partial charge in [-0.2, -0.15) is 0 Å². The zero-order valence-electron chi connectivity index (χ0n) is 14.3. The number of carbonyl (C=O) groups excluding carboxylic acids is 1. The maximum absolute atomic E-state index is 13.0. The SMILES string of the molecule is CCCN1C(=O)c2ccc(Cl)cc2N[C@@H]1c1cc2ccccc2[nH]c1=O. The number of para-hydroxylation sites is 1. The van der Waals surface area contributed by atoms with Crippen LogP contribution in [-0.2, 0) is 0 Å². The summed E-state index contributed by atoms with van der Waals surface area (Å²) in [5.41, 5.74) is 2.29. The van der Waals surface area contributed by atoms with E-state index < -0.39 is 6.17 Å². The predicted molar refractivity (Wildman–Crippen MR) is 104 cm³/mol. The van der Waals surface area contributed by atoms with Crippen molar-refractivity contribution in [3.05, 3.63) is 75.0 Å². The van der Waals surface area contributed by atoms with Crippen molar-refractivity contribution in [2.24, 2.45) is 0 Å². The smallest absolute Gasteiger partial charge is 0.257 e. The standard InChI is InChI=1S/C20H18ClN3O2/c1-2-9-24-18(22-17-11-13(21)7-8-14(17)20(24)26)15-10-12-5-3-4-6-16(12)23-19(15)25/h3-8,10-11,18,22H,2,9H2,1H3,(H,23,25)/t18-/m0/s1. The Balaban J connectivity index is 1.87. The number of carbonyl (C=O) groups is 1. The van der Waals surface area contributed by atoms with Crippen molar-refractivity contribution < 1.29 is 4.79 Å². The molecule has 2 N–H and O–H groups in total. The molecule has 4 rings (SSSR count). The predicted octanol–water partition coefficient (Wildman–Crippen LogP) is 4.16. The van der Waals surface area contributed by atoms with Crippen LogP contribution in [0.5, 0.6) is 0 Å². The van der Waals surface area contributed by atoms with Crippen LogP contribution in [0, 0.1) is 0 Å². The number of halogens is 1. The summed E-state index contributed by atoms with van der Waals surface area (Å²) in [5, 5.41) is 4.79. The zero-order valence-corrected chi connectivity index (χ0v) is 15.0. The van der Waals surface area contributed by atoms with Crippen LogP contribution in [-0.4, -0.2) is 22.3 Å². The summed E-state index contributed by atoms with van der Waals surface area (Å²) in [6, 6.07) is 14.6. The van der Waals surface area contributed by atoms with Crippen LogP contribution < -0.4 is 10.9 Å². The van der Waals surface area contributed by atoms with E-state index in [1.54, 1.807) is 23.1 Å². The molecule has 0 unspecified atom stereocenters. The Bertz CT molecular complexity index is 1060. The Labute approximate surface area is 155 Å². The van der Waals surface area contributed by atoms with Crippen molar-refractivity contribution >= 4 is 34.1 Å². The Morgan fingerprint density at radius 2 is 1.92 bits per heavy atom. The topological polar surface area (TPSA) is 65.2 Å². The first kappa shape index (κ1) is 16.7. The quantitative estimate of drug-likeness (QED) is 0.730. The van der Waals surface area contributed by atoms with Gasteiger partial charge in [0.1, 0.15) is 6.17 Å². The molecule has 1 aliphatic heterocycles. The van der Waals surface area contributed by atoms with Gasteiger partial charge in [-0.05, 0) is 42.1 Å². The van der Waals surface area contributed by atoms with E-state index >= 15 is 0 Å².